The average molecular weight is 144 g/mol. The molecule has 2 heteroatoms. The summed E-state index contributed by atoms with van der Waals surface area (Å²) in [6, 6.07) is 0. The van der Waals surface area contributed by atoms with Gasteiger partial charge in [-0.1, -0.05) is 0 Å². The van der Waals surface area contributed by atoms with Gasteiger partial charge in [0.1, 0.15) is 0 Å². The molecule has 0 radical (unpaired) electrons. The maximum atomic E-state index is 3.95. The molecule has 1 heterocycles. The fraction of sp³-hybridized carbons (Fsp3) is 1.00. The van der Waals surface area contributed by atoms with Crippen LogP contribution in [0.4, 0.5) is 0 Å². The molecule has 10 heavy (non-hydrogen) atoms. The van der Waals surface area contributed by atoms with Gasteiger partial charge in [0.05, 0.1) is 26.2 Å². The Bertz CT molecular complexity index is 73.3. The van der Waals surface area contributed by atoms with E-state index in [4.69, 9.17) is 0 Å². The van der Waals surface area contributed by atoms with E-state index in [2.05, 4.69) is 12.7 Å². The maximum Gasteiger partial charge on any atom is 0.0775 e. The molecule has 1 saturated heterocycles. The van der Waals surface area contributed by atoms with Crippen LogP contribution < -0.4 is 10.6 Å². The minimum Gasteiger partial charge on any atom is -0.357 e. The zero-order valence-electron chi connectivity index (χ0n) is 7.03. The van der Waals surface area contributed by atoms with E-state index in [-0.39, 0.29) is 0 Å². The summed E-state index contributed by atoms with van der Waals surface area (Å²) in [6.45, 7) is 7.51. The minimum atomic E-state index is 0.940. The van der Waals surface area contributed by atoms with Gasteiger partial charge in [0.2, 0.25) is 0 Å². The largest absolute Gasteiger partial charge is 0.357 e. The Morgan fingerprint density at radius 2 is 2.00 bits per heavy atom. The predicted molar refractivity (Wildman–Crippen MR) is 41.7 cm³/mol. The lowest BCUT2D eigenvalue weighted by molar-refractivity contribution is -0.904. The molecule has 0 aromatic heterocycles. The Balaban J connectivity index is 2.17. The van der Waals surface area contributed by atoms with E-state index in [1.807, 2.05) is 0 Å². The molecule has 0 bridgehead atoms. The normalized spacial score (nSPS) is 34.2. The molecule has 0 aliphatic carbocycles. The molecule has 4 N–H and O–H groups in total. The number of likely N-dealkylation sites (tertiary alicyclic amines) is 1. The standard InChI is InChI=1S/C8H18N2/c1-2-10-5-3-8(7-9)4-6-10/h8H,2-7,9H2,1H3/p+2. The van der Waals surface area contributed by atoms with E-state index in [1.54, 1.807) is 4.90 Å². The van der Waals surface area contributed by atoms with Crippen LogP contribution in [-0.4, -0.2) is 26.2 Å². The van der Waals surface area contributed by atoms with Crippen LogP contribution in [0.15, 0.2) is 0 Å². The lowest BCUT2D eigenvalue weighted by Crippen LogP contribution is -3.12. The van der Waals surface area contributed by atoms with E-state index in [1.165, 1.54) is 32.5 Å². The summed E-state index contributed by atoms with van der Waals surface area (Å²) in [5.41, 5.74) is 3.95. The highest BCUT2D eigenvalue weighted by Crippen LogP contribution is 2.05. The second-order valence-electron chi connectivity index (χ2n) is 3.34. The number of nitrogens with one attached hydrogen (secondary N) is 1. The highest BCUT2D eigenvalue weighted by atomic mass is 15.1. The van der Waals surface area contributed by atoms with Crippen LogP contribution in [0.25, 0.3) is 0 Å². The zero-order valence-corrected chi connectivity index (χ0v) is 7.03. The molecule has 1 aliphatic rings. The van der Waals surface area contributed by atoms with Crippen molar-refractivity contribution in [3.63, 3.8) is 0 Å². The van der Waals surface area contributed by atoms with Gasteiger partial charge in [-0.15, -0.1) is 0 Å². The molecule has 0 unspecified atom stereocenters. The number of piperidine rings is 1. The summed E-state index contributed by atoms with van der Waals surface area (Å²) in [5, 5.41) is 0. The molecule has 0 atom stereocenters. The van der Waals surface area contributed by atoms with Crippen molar-refractivity contribution in [3.8, 4) is 0 Å². The molecule has 60 valence electrons. The molecule has 0 aromatic carbocycles. The highest BCUT2D eigenvalue weighted by molar-refractivity contribution is 4.58. The molecule has 0 amide bonds. The van der Waals surface area contributed by atoms with E-state index in [9.17, 15) is 0 Å². The monoisotopic (exact) mass is 144 g/mol. The van der Waals surface area contributed by atoms with Crippen molar-refractivity contribution in [3.05, 3.63) is 0 Å². The molecule has 0 spiro atoms. The molecule has 1 fully saturated rings. The van der Waals surface area contributed by atoms with Crippen LogP contribution in [0.2, 0.25) is 0 Å². The Morgan fingerprint density at radius 3 is 2.40 bits per heavy atom. The molecule has 1 rings (SSSR count). The second kappa shape index (κ2) is 3.94. The number of hydrogen-bond donors (Lipinski definition) is 2. The third kappa shape index (κ3) is 1.96. The van der Waals surface area contributed by atoms with Gasteiger partial charge < -0.3 is 10.6 Å². The van der Waals surface area contributed by atoms with E-state index >= 15 is 0 Å². The van der Waals surface area contributed by atoms with Gasteiger partial charge in [0, 0.05) is 18.8 Å². The van der Waals surface area contributed by atoms with Crippen LogP contribution in [0.5, 0.6) is 0 Å². The van der Waals surface area contributed by atoms with Gasteiger partial charge in [0.15, 0.2) is 0 Å². The van der Waals surface area contributed by atoms with Crippen molar-refractivity contribution in [1.82, 2.24) is 0 Å². The fourth-order valence-electron chi connectivity index (χ4n) is 1.73. The SMILES string of the molecule is CC[NH+]1CCC(C[NH3+])CC1. The number of quaternary nitrogens is 2. The lowest BCUT2D eigenvalue weighted by atomic mass is 9.97. The summed E-state index contributed by atoms with van der Waals surface area (Å²) in [6.07, 6.45) is 2.82. The smallest absolute Gasteiger partial charge is 0.0775 e. The van der Waals surface area contributed by atoms with Crippen molar-refractivity contribution in [1.29, 1.82) is 0 Å². The summed E-state index contributed by atoms with van der Waals surface area (Å²) in [5.74, 6) is 0.940. The minimum absolute atomic E-state index is 0.940. The average Bonchev–Trinajstić information content (AvgIpc) is 2.05. The fourth-order valence-corrected chi connectivity index (χ4v) is 1.73. The van der Waals surface area contributed by atoms with Gasteiger partial charge in [-0.3, -0.25) is 0 Å². The molecule has 0 saturated carbocycles. The number of hydrogen-bond acceptors (Lipinski definition) is 0. The summed E-state index contributed by atoms with van der Waals surface area (Å²) in [7, 11) is 0. The van der Waals surface area contributed by atoms with Crippen LogP contribution >= 0.6 is 0 Å². The first-order valence-corrected chi connectivity index (χ1v) is 4.49. The van der Waals surface area contributed by atoms with Crippen LogP contribution in [0.3, 0.4) is 0 Å². The Morgan fingerprint density at radius 1 is 1.40 bits per heavy atom. The zero-order chi connectivity index (χ0) is 7.40. The maximum absolute atomic E-state index is 3.95. The van der Waals surface area contributed by atoms with E-state index in [0.29, 0.717) is 0 Å². The molecule has 0 aromatic rings. The second-order valence-corrected chi connectivity index (χ2v) is 3.34. The Labute approximate surface area is 63.4 Å². The van der Waals surface area contributed by atoms with Gasteiger partial charge in [-0.25, -0.2) is 0 Å². The van der Waals surface area contributed by atoms with Crippen molar-refractivity contribution in [2.45, 2.75) is 19.8 Å². The molecule has 1 aliphatic heterocycles. The van der Waals surface area contributed by atoms with Crippen LogP contribution in [0, 0.1) is 5.92 Å². The number of rotatable bonds is 2. The van der Waals surface area contributed by atoms with E-state index in [0.717, 1.165) is 12.5 Å². The van der Waals surface area contributed by atoms with Gasteiger partial charge in [-0.2, -0.15) is 0 Å². The van der Waals surface area contributed by atoms with Crippen molar-refractivity contribution in [2.75, 3.05) is 26.2 Å². The molecular formula is C8H20N2+2. The Kier molecular flexibility index (Phi) is 3.16. The van der Waals surface area contributed by atoms with Crippen molar-refractivity contribution < 1.29 is 10.6 Å². The van der Waals surface area contributed by atoms with Gasteiger partial charge in [-0.05, 0) is 6.92 Å². The van der Waals surface area contributed by atoms with Crippen molar-refractivity contribution in [2.24, 2.45) is 5.92 Å². The van der Waals surface area contributed by atoms with Crippen molar-refractivity contribution >= 4 is 0 Å². The third-order valence-electron chi connectivity index (χ3n) is 2.72. The molecule has 2 nitrogen and oxygen atoms in total. The summed E-state index contributed by atoms with van der Waals surface area (Å²) >= 11 is 0. The first-order valence-electron chi connectivity index (χ1n) is 4.49. The quantitative estimate of drug-likeness (QED) is 0.475. The Hall–Kier alpha value is -0.0800. The first-order chi connectivity index (χ1) is 4.86. The summed E-state index contributed by atoms with van der Waals surface area (Å²) < 4.78 is 0. The topological polar surface area (TPSA) is 32.1 Å². The van der Waals surface area contributed by atoms with Crippen LogP contribution in [-0.2, 0) is 0 Å². The highest BCUT2D eigenvalue weighted by Gasteiger charge is 2.20. The summed E-state index contributed by atoms with van der Waals surface area (Å²) in [4.78, 5) is 1.78. The first kappa shape index (κ1) is 8.02. The predicted octanol–water partition coefficient (Wildman–Crippen LogP) is -1.46. The lowest BCUT2D eigenvalue weighted by Gasteiger charge is -2.26. The third-order valence-corrected chi connectivity index (χ3v) is 2.72. The van der Waals surface area contributed by atoms with Gasteiger partial charge >= 0.3 is 0 Å². The van der Waals surface area contributed by atoms with Gasteiger partial charge in [0.25, 0.3) is 0 Å². The van der Waals surface area contributed by atoms with E-state index < -0.39 is 0 Å². The molecular weight excluding hydrogens is 124 g/mol. The van der Waals surface area contributed by atoms with Crippen LogP contribution in [0.1, 0.15) is 19.8 Å².